The topological polar surface area (TPSA) is 88.5 Å². The lowest BCUT2D eigenvalue weighted by Crippen LogP contribution is -2.49. The van der Waals surface area contributed by atoms with Crippen LogP contribution in [0.15, 0.2) is 28.8 Å². The Morgan fingerprint density at radius 1 is 1.29 bits per heavy atom. The molecular formula is C17H23N5O2. The van der Waals surface area contributed by atoms with Gasteiger partial charge in [-0.2, -0.15) is 4.98 Å². The maximum Gasteiger partial charge on any atom is 0.256 e. The normalized spacial score (nSPS) is 17.0. The van der Waals surface area contributed by atoms with Crippen molar-refractivity contribution in [3.8, 4) is 0 Å². The Labute approximate surface area is 141 Å². The molecular weight excluding hydrogens is 306 g/mol. The van der Waals surface area contributed by atoms with Crippen LogP contribution in [0.3, 0.4) is 0 Å². The largest absolute Gasteiger partial charge is 0.398 e. The van der Waals surface area contributed by atoms with E-state index in [-0.39, 0.29) is 11.9 Å². The van der Waals surface area contributed by atoms with Crippen LogP contribution < -0.4 is 5.73 Å². The molecule has 1 amide bonds. The van der Waals surface area contributed by atoms with E-state index in [1.807, 2.05) is 24.0 Å². The molecule has 0 bridgehead atoms. The van der Waals surface area contributed by atoms with E-state index in [2.05, 4.69) is 22.0 Å². The van der Waals surface area contributed by atoms with E-state index in [0.717, 1.165) is 25.3 Å². The first-order valence-electron chi connectivity index (χ1n) is 8.30. The SMILES string of the molecule is CCc1noc(C(C)N2CCN(C(=O)c3ccccc3N)CC2)n1. The van der Waals surface area contributed by atoms with Crippen LogP contribution in [0.25, 0.3) is 0 Å². The number of rotatable bonds is 4. The molecule has 0 spiro atoms. The first-order valence-corrected chi connectivity index (χ1v) is 8.30. The molecule has 7 nitrogen and oxygen atoms in total. The lowest BCUT2D eigenvalue weighted by atomic mass is 10.1. The van der Waals surface area contributed by atoms with Crippen LogP contribution in [-0.4, -0.2) is 52.0 Å². The maximum absolute atomic E-state index is 12.6. The molecule has 24 heavy (non-hydrogen) atoms. The monoisotopic (exact) mass is 329 g/mol. The molecule has 2 heterocycles. The molecule has 0 radical (unpaired) electrons. The van der Waals surface area contributed by atoms with E-state index in [4.69, 9.17) is 10.3 Å². The number of hydrogen-bond donors (Lipinski definition) is 1. The smallest absolute Gasteiger partial charge is 0.256 e. The standard InChI is InChI=1S/C17H23N5O2/c1-3-15-19-16(24-20-15)12(2)21-8-10-22(11-9-21)17(23)13-6-4-5-7-14(13)18/h4-7,12H,3,8-11,18H2,1-2H3. The third-order valence-electron chi connectivity index (χ3n) is 4.50. The van der Waals surface area contributed by atoms with Crippen LogP contribution in [0.2, 0.25) is 0 Å². The van der Waals surface area contributed by atoms with Gasteiger partial charge in [0.25, 0.3) is 5.91 Å². The van der Waals surface area contributed by atoms with Gasteiger partial charge in [0.1, 0.15) is 0 Å². The van der Waals surface area contributed by atoms with Gasteiger partial charge in [-0.05, 0) is 19.1 Å². The first-order chi connectivity index (χ1) is 11.6. The molecule has 1 atom stereocenters. The molecule has 2 aromatic rings. The van der Waals surface area contributed by atoms with Gasteiger partial charge in [0.05, 0.1) is 11.6 Å². The Kier molecular flexibility index (Phi) is 4.80. The number of nitrogen functional groups attached to an aromatic ring is 1. The van der Waals surface area contributed by atoms with Crippen LogP contribution in [0.4, 0.5) is 5.69 Å². The second kappa shape index (κ2) is 7.00. The molecule has 1 aromatic heterocycles. The highest BCUT2D eigenvalue weighted by Crippen LogP contribution is 2.21. The number of para-hydroxylation sites is 1. The van der Waals surface area contributed by atoms with Crippen molar-refractivity contribution < 1.29 is 9.32 Å². The molecule has 1 aliphatic heterocycles. The molecule has 1 unspecified atom stereocenters. The maximum atomic E-state index is 12.6. The van der Waals surface area contributed by atoms with E-state index in [1.54, 1.807) is 12.1 Å². The highest BCUT2D eigenvalue weighted by atomic mass is 16.5. The molecule has 0 saturated carbocycles. The Hall–Kier alpha value is -2.41. The summed E-state index contributed by atoms with van der Waals surface area (Å²) in [6.45, 7) is 6.91. The fourth-order valence-electron chi connectivity index (χ4n) is 2.91. The molecule has 1 saturated heterocycles. The number of anilines is 1. The number of hydrogen-bond acceptors (Lipinski definition) is 6. The quantitative estimate of drug-likeness (QED) is 0.860. The summed E-state index contributed by atoms with van der Waals surface area (Å²) >= 11 is 0. The molecule has 7 heteroatoms. The van der Waals surface area contributed by atoms with Gasteiger partial charge < -0.3 is 15.2 Å². The predicted octanol–water partition coefficient (Wildman–Crippen LogP) is 1.73. The van der Waals surface area contributed by atoms with E-state index >= 15 is 0 Å². The van der Waals surface area contributed by atoms with Crippen molar-refractivity contribution in [2.45, 2.75) is 26.3 Å². The van der Waals surface area contributed by atoms with Gasteiger partial charge >= 0.3 is 0 Å². The van der Waals surface area contributed by atoms with Gasteiger partial charge in [-0.3, -0.25) is 9.69 Å². The number of aromatic nitrogens is 2. The van der Waals surface area contributed by atoms with Gasteiger partial charge in [0, 0.05) is 38.3 Å². The third-order valence-corrected chi connectivity index (χ3v) is 4.50. The molecule has 1 fully saturated rings. The lowest BCUT2D eigenvalue weighted by Gasteiger charge is -2.37. The summed E-state index contributed by atoms with van der Waals surface area (Å²) in [6.07, 6.45) is 0.761. The average molecular weight is 329 g/mol. The lowest BCUT2D eigenvalue weighted by molar-refractivity contribution is 0.0552. The van der Waals surface area contributed by atoms with E-state index < -0.39 is 0 Å². The molecule has 0 aliphatic carbocycles. The number of piperazine rings is 1. The molecule has 2 N–H and O–H groups in total. The summed E-state index contributed by atoms with van der Waals surface area (Å²) in [5, 5.41) is 3.95. The number of carbonyl (C=O) groups excluding carboxylic acids is 1. The fraction of sp³-hybridized carbons (Fsp3) is 0.471. The Bertz CT molecular complexity index is 707. The number of carbonyl (C=O) groups is 1. The second-order valence-electron chi connectivity index (χ2n) is 5.99. The van der Waals surface area contributed by atoms with Crippen LogP contribution in [0.1, 0.15) is 42.0 Å². The van der Waals surface area contributed by atoms with Gasteiger partial charge in [0.2, 0.25) is 5.89 Å². The summed E-state index contributed by atoms with van der Waals surface area (Å²) in [4.78, 5) is 21.1. The summed E-state index contributed by atoms with van der Waals surface area (Å²) in [7, 11) is 0. The zero-order valence-corrected chi connectivity index (χ0v) is 14.1. The van der Waals surface area contributed by atoms with E-state index in [1.165, 1.54) is 0 Å². The Morgan fingerprint density at radius 2 is 2.00 bits per heavy atom. The average Bonchev–Trinajstić information content (AvgIpc) is 3.10. The zero-order chi connectivity index (χ0) is 17.1. The van der Waals surface area contributed by atoms with E-state index in [9.17, 15) is 4.79 Å². The Balaban J connectivity index is 1.61. The van der Waals surface area contributed by atoms with Crippen LogP contribution in [0, 0.1) is 0 Å². The zero-order valence-electron chi connectivity index (χ0n) is 14.1. The number of nitrogens with two attached hydrogens (primary N) is 1. The summed E-state index contributed by atoms with van der Waals surface area (Å²) in [5.74, 6) is 1.36. The van der Waals surface area contributed by atoms with Crippen molar-refractivity contribution in [1.82, 2.24) is 19.9 Å². The van der Waals surface area contributed by atoms with Crippen LogP contribution in [0.5, 0.6) is 0 Å². The third kappa shape index (κ3) is 3.26. The van der Waals surface area contributed by atoms with Gasteiger partial charge in [-0.25, -0.2) is 0 Å². The van der Waals surface area contributed by atoms with E-state index in [0.29, 0.717) is 30.2 Å². The minimum Gasteiger partial charge on any atom is -0.398 e. The fourth-order valence-corrected chi connectivity index (χ4v) is 2.91. The van der Waals surface area contributed by atoms with Crippen molar-refractivity contribution in [2.75, 3.05) is 31.9 Å². The van der Waals surface area contributed by atoms with Crippen LogP contribution in [-0.2, 0) is 6.42 Å². The summed E-state index contributed by atoms with van der Waals surface area (Å²) < 4.78 is 5.33. The second-order valence-corrected chi connectivity index (χ2v) is 5.99. The van der Waals surface area contributed by atoms with Crippen LogP contribution >= 0.6 is 0 Å². The van der Waals surface area contributed by atoms with Crippen molar-refractivity contribution >= 4 is 11.6 Å². The Morgan fingerprint density at radius 3 is 2.62 bits per heavy atom. The number of amides is 1. The van der Waals surface area contributed by atoms with Gasteiger partial charge in [-0.15, -0.1) is 0 Å². The number of nitrogens with zero attached hydrogens (tertiary/aromatic N) is 4. The van der Waals surface area contributed by atoms with Crippen molar-refractivity contribution in [1.29, 1.82) is 0 Å². The van der Waals surface area contributed by atoms with Crippen molar-refractivity contribution in [3.63, 3.8) is 0 Å². The highest BCUT2D eigenvalue weighted by Gasteiger charge is 2.28. The van der Waals surface area contributed by atoms with Crippen molar-refractivity contribution in [3.05, 3.63) is 41.5 Å². The predicted molar refractivity (Wildman–Crippen MR) is 90.4 cm³/mol. The van der Waals surface area contributed by atoms with Gasteiger partial charge in [-0.1, -0.05) is 24.2 Å². The van der Waals surface area contributed by atoms with Gasteiger partial charge in [0.15, 0.2) is 5.82 Å². The molecule has 1 aromatic carbocycles. The molecule has 128 valence electrons. The minimum atomic E-state index is -0.00791. The highest BCUT2D eigenvalue weighted by molar-refractivity contribution is 5.99. The molecule has 1 aliphatic rings. The summed E-state index contributed by atoms with van der Waals surface area (Å²) in [6, 6.07) is 7.25. The first kappa shape index (κ1) is 16.4. The minimum absolute atomic E-state index is 0.00791. The summed E-state index contributed by atoms with van der Waals surface area (Å²) in [5.41, 5.74) is 7.01. The number of benzene rings is 1. The molecule has 3 rings (SSSR count). The number of aryl methyl sites for hydroxylation is 1. The van der Waals surface area contributed by atoms with Crippen molar-refractivity contribution in [2.24, 2.45) is 0 Å².